The van der Waals surface area contributed by atoms with Gasteiger partial charge in [-0.15, -0.1) is 12.4 Å². The van der Waals surface area contributed by atoms with Gasteiger partial charge in [0.05, 0.1) is 21.3 Å². The number of carbonyl (C=O) groups excluding carboxylic acids is 1. The molecule has 0 aromatic heterocycles. The van der Waals surface area contributed by atoms with Crippen LogP contribution < -0.4 is 24.8 Å². The summed E-state index contributed by atoms with van der Waals surface area (Å²) in [6, 6.07) is 4.02. The van der Waals surface area contributed by atoms with Crippen molar-refractivity contribution in [3.8, 4) is 17.2 Å². The highest BCUT2D eigenvalue weighted by atomic mass is 35.5. The van der Waals surface area contributed by atoms with E-state index in [1.807, 2.05) is 12.1 Å². The number of halogens is 1. The Kier molecular flexibility index (Phi) is 7.98. The van der Waals surface area contributed by atoms with E-state index in [0.29, 0.717) is 30.1 Å². The van der Waals surface area contributed by atoms with Gasteiger partial charge in [-0.3, -0.25) is 4.79 Å². The minimum atomic E-state index is 0. The molecule has 2 rings (SSSR count). The van der Waals surface area contributed by atoms with Crippen molar-refractivity contribution in [3.63, 3.8) is 0 Å². The highest BCUT2D eigenvalue weighted by molar-refractivity contribution is 5.85. The molecule has 1 aromatic carbocycles. The number of hydrogen-bond donors (Lipinski definition) is 2. The summed E-state index contributed by atoms with van der Waals surface area (Å²) in [4.78, 5) is 12.0. The van der Waals surface area contributed by atoms with Gasteiger partial charge in [-0.1, -0.05) is 0 Å². The lowest BCUT2D eigenvalue weighted by Gasteiger charge is -2.14. The summed E-state index contributed by atoms with van der Waals surface area (Å²) in [5, 5.41) is 6.27. The molecular weight excluding hydrogens is 320 g/mol. The van der Waals surface area contributed by atoms with Gasteiger partial charge in [0.1, 0.15) is 0 Å². The van der Waals surface area contributed by atoms with E-state index >= 15 is 0 Å². The topological polar surface area (TPSA) is 68.8 Å². The fourth-order valence-corrected chi connectivity index (χ4v) is 2.62. The Morgan fingerprint density at radius 2 is 1.87 bits per heavy atom. The van der Waals surface area contributed by atoms with E-state index in [9.17, 15) is 4.79 Å². The molecule has 1 aliphatic rings. The van der Waals surface area contributed by atoms with Gasteiger partial charge in [0, 0.05) is 19.0 Å². The van der Waals surface area contributed by atoms with Gasteiger partial charge >= 0.3 is 0 Å². The Labute approximate surface area is 143 Å². The summed E-state index contributed by atoms with van der Waals surface area (Å²) in [6.07, 6.45) is 2.06. The number of hydrogen-bond acceptors (Lipinski definition) is 5. The van der Waals surface area contributed by atoms with E-state index in [2.05, 4.69) is 10.6 Å². The van der Waals surface area contributed by atoms with Crippen LogP contribution >= 0.6 is 12.4 Å². The van der Waals surface area contributed by atoms with Crippen LogP contribution in [0.4, 0.5) is 0 Å². The number of rotatable bonds is 7. The average molecular weight is 345 g/mol. The zero-order chi connectivity index (χ0) is 15.9. The molecule has 7 heteroatoms. The molecule has 6 nitrogen and oxygen atoms in total. The number of ether oxygens (including phenoxy) is 3. The Bertz CT molecular complexity index is 494. The Morgan fingerprint density at radius 1 is 1.22 bits per heavy atom. The third-order valence-electron chi connectivity index (χ3n) is 3.79. The molecule has 0 aliphatic carbocycles. The van der Waals surface area contributed by atoms with Crippen molar-refractivity contribution >= 4 is 18.3 Å². The van der Waals surface area contributed by atoms with Crippen molar-refractivity contribution in [1.29, 1.82) is 0 Å². The molecule has 0 radical (unpaired) electrons. The molecule has 23 heavy (non-hydrogen) atoms. The van der Waals surface area contributed by atoms with Crippen LogP contribution in [0.3, 0.4) is 0 Å². The van der Waals surface area contributed by atoms with Gasteiger partial charge in [-0.25, -0.2) is 0 Å². The first-order valence-corrected chi connectivity index (χ1v) is 7.47. The first kappa shape index (κ1) is 19.4. The second-order valence-corrected chi connectivity index (χ2v) is 5.29. The van der Waals surface area contributed by atoms with Crippen LogP contribution in [0.5, 0.6) is 17.2 Å². The van der Waals surface area contributed by atoms with E-state index in [4.69, 9.17) is 14.2 Å². The Balaban J connectivity index is 0.00000264. The molecule has 1 unspecified atom stereocenters. The Morgan fingerprint density at radius 3 is 2.35 bits per heavy atom. The van der Waals surface area contributed by atoms with Crippen molar-refractivity contribution < 1.29 is 19.0 Å². The predicted molar refractivity (Wildman–Crippen MR) is 91.1 cm³/mol. The van der Waals surface area contributed by atoms with Crippen LogP contribution in [0, 0.1) is 0 Å². The largest absolute Gasteiger partial charge is 0.493 e. The standard InChI is InChI=1S/C16H24N2O4.ClH/c1-20-13-8-11(9-14(21-2)16(13)22-3)4-5-15(19)18-12-6-7-17-10-12;/h8-9,12,17H,4-7,10H2,1-3H3,(H,18,19);1H. The first-order valence-electron chi connectivity index (χ1n) is 7.47. The molecule has 1 aliphatic heterocycles. The summed E-state index contributed by atoms with van der Waals surface area (Å²) >= 11 is 0. The van der Waals surface area contributed by atoms with Gasteiger partial charge in [0.2, 0.25) is 11.7 Å². The van der Waals surface area contributed by atoms with Gasteiger partial charge in [0.25, 0.3) is 0 Å². The summed E-state index contributed by atoms with van der Waals surface area (Å²) in [5.41, 5.74) is 0.981. The molecule has 1 heterocycles. The van der Waals surface area contributed by atoms with E-state index in [-0.39, 0.29) is 24.4 Å². The minimum Gasteiger partial charge on any atom is -0.493 e. The number of carbonyl (C=O) groups is 1. The third-order valence-corrected chi connectivity index (χ3v) is 3.79. The van der Waals surface area contributed by atoms with Crippen LogP contribution in [0.1, 0.15) is 18.4 Å². The monoisotopic (exact) mass is 344 g/mol. The van der Waals surface area contributed by atoms with Gasteiger partial charge in [-0.05, 0) is 37.1 Å². The summed E-state index contributed by atoms with van der Waals surface area (Å²) in [5.74, 6) is 1.85. The van der Waals surface area contributed by atoms with Crippen LogP contribution in [0.2, 0.25) is 0 Å². The highest BCUT2D eigenvalue weighted by Crippen LogP contribution is 2.38. The number of aryl methyl sites for hydroxylation is 1. The first-order chi connectivity index (χ1) is 10.7. The maximum Gasteiger partial charge on any atom is 0.220 e. The van der Waals surface area contributed by atoms with Gasteiger partial charge in [0.15, 0.2) is 11.5 Å². The SMILES string of the molecule is COc1cc(CCC(=O)NC2CCNC2)cc(OC)c1OC.Cl. The summed E-state index contributed by atoms with van der Waals surface area (Å²) < 4.78 is 15.9. The van der Waals surface area contributed by atoms with Crippen molar-refractivity contribution in [2.45, 2.75) is 25.3 Å². The van der Waals surface area contributed by atoms with Crippen LogP contribution in [-0.4, -0.2) is 46.4 Å². The molecule has 2 N–H and O–H groups in total. The number of methoxy groups -OCH3 is 3. The molecule has 130 valence electrons. The fourth-order valence-electron chi connectivity index (χ4n) is 2.62. The van der Waals surface area contributed by atoms with E-state index in [1.165, 1.54) is 0 Å². The third kappa shape index (κ3) is 5.18. The van der Waals surface area contributed by atoms with Crippen molar-refractivity contribution in [2.24, 2.45) is 0 Å². The van der Waals surface area contributed by atoms with Crippen molar-refractivity contribution in [1.82, 2.24) is 10.6 Å². The molecule has 0 bridgehead atoms. The Hall–Kier alpha value is -1.66. The average Bonchev–Trinajstić information content (AvgIpc) is 3.04. The van der Waals surface area contributed by atoms with E-state index in [0.717, 1.165) is 25.1 Å². The van der Waals surface area contributed by atoms with E-state index in [1.54, 1.807) is 21.3 Å². The highest BCUT2D eigenvalue weighted by Gasteiger charge is 2.17. The van der Waals surface area contributed by atoms with Crippen LogP contribution in [0.15, 0.2) is 12.1 Å². The molecule has 1 fully saturated rings. The molecule has 1 atom stereocenters. The van der Waals surface area contributed by atoms with Gasteiger partial charge < -0.3 is 24.8 Å². The zero-order valence-corrected chi connectivity index (χ0v) is 14.6. The maximum atomic E-state index is 12.0. The van der Waals surface area contributed by atoms with E-state index < -0.39 is 0 Å². The summed E-state index contributed by atoms with van der Waals surface area (Å²) in [6.45, 7) is 1.83. The molecule has 1 saturated heterocycles. The van der Waals surface area contributed by atoms with Crippen molar-refractivity contribution in [3.05, 3.63) is 17.7 Å². The lowest BCUT2D eigenvalue weighted by atomic mass is 10.1. The fraction of sp³-hybridized carbons (Fsp3) is 0.562. The second-order valence-electron chi connectivity index (χ2n) is 5.29. The zero-order valence-electron chi connectivity index (χ0n) is 13.8. The number of amides is 1. The predicted octanol–water partition coefficient (Wildman–Crippen LogP) is 1.54. The maximum absolute atomic E-state index is 12.0. The molecule has 1 amide bonds. The molecular formula is C16H25ClN2O4. The molecule has 1 aromatic rings. The lowest BCUT2D eigenvalue weighted by Crippen LogP contribution is -2.36. The van der Waals surface area contributed by atoms with Crippen LogP contribution in [-0.2, 0) is 11.2 Å². The number of benzene rings is 1. The molecule has 0 saturated carbocycles. The quantitative estimate of drug-likeness (QED) is 0.785. The lowest BCUT2D eigenvalue weighted by molar-refractivity contribution is -0.121. The second kappa shape index (κ2) is 9.47. The molecule has 0 spiro atoms. The normalized spacial score (nSPS) is 16.4. The van der Waals surface area contributed by atoms with Gasteiger partial charge in [-0.2, -0.15) is 0 Å². The minimum absolute atomic E-state index is 0. The number of nitrogens with one attached hydrogen (secondary N) is 2. The smallest absolute Gasteiger partial charge is 0.220 e. The summed E-state index contributed by atoms with van der Waals surface area (Å²) in [7, 11) is 4.74. The van der Waals surface area contributed by atoms with Crippen LogP contribution in [0.25, 0.3) is 0 Å². The van der Waals surface area contributed by atoms with Crippen molar-refractivity contribution in [2.75, 3.05) is 34.4 Å².